The fraction of sp³-hybridized carbons (Fsp3) is 0.308. The molecule has 0 saturated carbocycles. The molecule has 1 saturated heterocycles. The average molecular weight is 483 g/mol. The van der Waals surface area contributed by atoms with E-state index in [2.05, 4.69) is 43.5 Å². The second kappa shape index (κ2) is 9.11. The van der Waals surface area contributed by atoms with Gasteiger partial charge in [0.1, 0.15) is 0 Å². The second-order valence-corrected chi connectivity index (χ2v) is 9.67. The van der Waals surface area contributed by atoms with Crippen LogP contribution < -0.4 is 11.1 Å². The number of aromatic nitrogens is 5. The Hall–Kier alpha value is -4.20. The number of benzene rings is 1. The Bertz CT molecular complexity index is 1440. The van der Waals surface area contributed by atoms with Gasteiger partial charge >= 0.3 is 0 Å². The van der Waals surface area contributed by atoms with E-state index in [1.165, 1.54) is 0 Å². The normalized spacial score (nSPS) is 14.7. The van der Waals surface area contributed by atoms with Crippen molar-refractivity contribution in [1.82, 2.24) is 30.5 Å². The molecule has 3 N–H and O–H groups in total. The first-order valence-electron chi connectivity index (χ1n) is 11.5. The zero-order chi connectivity index (χ0) is 25.3. The number of hydrogen-bond donors (Lipinski definition) is 2. The van der Waals surface area contributed by atoms with Crippen LogP contribution in [0.1, 0.15) is 32.0 Å². The molecule has 4 aromatic rings. The fourth-order valence-corrected chi connectivity index (χ4v) is 3.71. The third-order valence-corrected chi connectivity index (χ3v) is 6.17. The summed E-state index contributed by atoms with van der Waals surface area (Å²) in [5, 5.41) is 21.3. The minimum atomic E-state index is -0.739. The van der Waals surface area contributed by atoms with Gasteiger partial charge in [-0.1, -0.05) is 12.1 Å². The highest BCUT2D eigenvalue weighted by molar-refractivity contribution is 5.69. The smallest absolute Gasteiger partial charge is 0.270 e. The van der Waals surface area contributed by atoms with E-state index in [4.69, 9.17) is 14.9 Å². The van der Waals surface area contributed by atoms with E-state index in [-0.39, 0.29) is 17.2 Å². The summed E-state index contributed by atoms with van der Waals surface area (Å²) in [5.74, 6) is 0.708. The Balaban J connectivity index is 1.37. The van der Waals surface area contributed by atoms with Crippen LogP contribution in [0, 0.1) is 11.3 Å². The SMILES string of the molecule is CC1(NCc2ccc(-c3nnc(-c4nc(-c5ccnc(C(C)(C)C#N)c5)cnc4N)o3)cc2)COC1. The molecule has 1 aromatic carbocycles. The highest BCUT2D eigenvalue weighted by Gasteiger charge is 2.32. The monoisotopic (exact) mass is 482 g/mol. The number of nitriles is 1. The predicted molar refractivity (Wildman–Crippen MR) is 133 cm³/mol. The van der Waals surface area contributed by atoms with Crippen LogP contribution in [0.15, 0.2) is 53.2 Å². The van der Waals surface area contributed by atoms with E-state index in [0.717, 1.165) is 36.4 Å². The lowest BCUT2D eigenvalue weighted by Crippen LogP contribution is -2.57. The molecule has 182 valence electrons. The van der Waals surface area contributed by atoms with Gasteiger partial charge in [-0.2, -0.15) is 5.26 Å². The van der Waals surface area contributed by atoms with Crippen molar-refractivity contribution in [1.29, 1.82) is 5.26 Å². The van der Waals surface area contributed by atoms with E-state index in [1.54, 1.807) is 18.5 Å². The number of anilines is 1. The van der Waals surface area contributed by atoms with Gasteiger partial charge in [-0.05, 0) is 50.6 Å². The van der Waals surface area contributed by atoms with Gasteiger partial charge in [-0.3, -0.25) is 4.98 Å². The van der Waals surface area contributed by atoms with Crippen LogP contribution in [0.5, 0.6) is 0 Å². The summed E-state index contributed by atoms with van der Waals surface area (Å²) in [6.07, 6.45) is 3.21. The van der Waals surface area contributed by atoms with E-state index in [1.807, 2.05) is 44.2 Å². The summed E-state index contributed by atoms with van der Waals surface area (Å²) in [4.78, 5) is 13.2. The molecule has 0 bridgehead atoms. The standard InChI is InChI=1S/C26H26N8O2/c1-25(2,13-27)20-10-18(8-9-29-20)19-12-30-22(28)21(32-19)24-34-33-23(36-24)17-6-4-16(5-7-17)11-31-26(3)14-35-15-26/h4-10,12,31H,11,14-15H2,1-3H3,(H2,28,30). The molecule has 10 nitrogen and oxygen atoms in total. The van der Waals surface area contributed by atoms with E-state index in [9.17, 15) is 5.26 Å². The van der Waals surface area contributed by atoms with Crippen LogP contribution in [0.2, 0.25) is 0 Å². The summed E-state index contributed by atoms with van der Waals surface area (Å²) in [5.41, 5.74) is 9.57. The molecular formula is C26H26N8O2. The molecule has 0 atom stereocenters. The van der Waals surface area contributed by atoms with Gasteiger partial charge in [0.2, 0.25) is 5.89 Å². The molecule has 1 aliphatic rings. The van der Waals surface area contributed by atoms with Crippen LogP contribution in [-0.4, -0.2) is 43.9 Å². The number of pyridine rings is 1. The topological polar surface area (TPSA) is 149 Å². The first kappa shape index (κ1) is 23.5. The highest BCUT2D eigenvalue weighted by Crippen LogP contribution is 2.29. The maximum absolute atomic E-state index is 9.45. The summed E-state index contributed by atoms with van der Waals surface area (Å²) in [6, 6.07) is 13.8. The molecule has 10 heteroatoms. The Kier molecular flexibility index (Phi) is 5.96. The van der Waals surface area contributed by atoms with Gasteiger partial charge in [-0.25, -0.2) is 9.97 Å². The minimum absolute atomic E-state index is 0.0410. The van der Waals surface area contributed by atoms with Crippen molar-refractivity contribution >= 4 is 5.82 Å². The summed E-state index contributed by atoms with van der Waals surface area (Å²) in [7, 11) is 0. The number of ether oxygens (including phenoxy) is 1. The minimum Gasteiger partial charge on any atom is -0.414 e. The van der Waals surface area contributed by atoms with Crippen molar-refractivity contribution in [3.8, 4) is 40.4 Å². The lowest BCUT2D eigenvalue weighted by atomic mass is 9.90. The first-order chi connectivity index (χ1) is 17.3. The molecule has 3 aromatic heterocycles. The van der Waals surface area contributed by atoms with Crippen LogP contribution in [0.4, 0.5) is 5.82 Å². The number of nitrogens with one attached hydrogen (secondary N) is 1. The van der Waals surface area contributed by atoms with Gasteiger partial charge in [0.25, 0.3) is 5.89 Å². The molecular weight excluding hydrogens is 456 g/mol. The highest BCUT2D eigenvalue weighted by atomic mass is 16.5. The summed E-state index contributed by atoms with van der Waals surface area (Å²) >= 11 is 0. The molecule has 5 rings (SSSR count). The van der Waals surface area contributed by atoms with Gasteiger partial charge in [0.15, 0.2) is 11.5 Å². The quantitative estimate of drug-likeness (QED) is 0.401. The number of nitrogens with zero attached hydrogens (tertiary/aromatic N) is 6. The molecule has 1 fully saturated rings. The van der Waals surface area contributed by atoms with Gasteiger partial charge < -0.3 is 20.2 Å². The Labute approximate surface area is 208 Å². The Morgan fingerprint density at radius 1 is 1.08 bits per heavy atom. The predicted octanol–water partition coefficient (Wildman–Crippen LogP) is 3.52. The molecule has 1 aliphatic heterocycles. The molecule has 4 heterocycles. The summed E-state index contributed by atoms with van der Waals surface area (Å²) < 4.78 is 11.2. The largest absolute Gasteiger partial charge is 0.414 e. The molecule has 0 aliphatic carbocycles. The van der Waals surface area contributed by atoms with Gasteiger partial charge in [0, 0.05) is 23.9 Å². The molecule has 36 heavy (non-hydrogen) atoms. The van der Waals surface area contributed by atoms with Crippen molar-refractivity contribution in [3.63, 3.8) is 0 Å². The van der Waals surface area contributed by atoms with Crippen LogP contribution in [0.3, 0.4) is 0 Å². The first-order valence-corrected chi connectivity index (χ1v) is 11.5. The van der Waals surface area contributed by atoms with E-state index >= 15 is 0 Å². The van der Waals surface area contributed by atoms with Crippen molar-refractivity contribution in [2.45, 2.75) is 38.3 Å². The van der Waals surface area contributed by atoms with E-state index < -0.39 is 5.41 Å². The number of rotatable bonds is 7. The third kappa shape index (κ3) is 4.66. The number of nitrogens with two attached hydrogens (primary N) is 1. The lowest BCUT2D eigenvalue weighted by molar-refractivity contribution is -0.0649. The van der Waals surface area contributed by atoms with Crippen molar-refractivity contribution in [2.24, 2.45) is 0 Å². The van der Waals surface area contributed by atoms with Crippen LogP contribution in [-0.2, 0) is 16.7 Å². The Morgan fingerprint density at radius 3 is 2.53 bits per heavy atom. The maximum Gasteiger partial charge on any atom is 0.270 e. The molecule has 0 amide bonds. The van der Waals surface area contributed by atoms with Gasteiger partial charge in [0.05, 0.1) is 47.8 Å². The van der Waals surface area contributed by atoms with Gasteiger partial charge in [-0.15, -0.1) is 10.2 Å². The average Bonchev–Trinajstić information content (AvgIpc) is 3.37. The number of nitrogen functional groups attached to an aromatic ring is 1. The fourth-order valence-electron chi connectivity index (χ4n) is 3.71. The zero-order valence-corrected chi connectivity index (χ0v) is 20.3. The second-order valence-electron chi connectivity index (χ2n) is 9.67. The molecule has 0 radical (unpaired) electrons. The van der Waals surface area contributed by atoms with Crippen molar-refractivity contribution in [3.05, 3.63) is 60.0 Å². The third-order valence-electron chi connectivity index (χ3n) is 6.17. The molecule has 0 unspecified atom stereocenters. The lowest BCUT2D eigenvalue weighted by Gasteiger charge is -2.39. The molecule has 0 spiro atoms. The van der Waals surface area contributed by atoms with Crippen molar-refractivity contribution in [2.75, 3.05) is 18.9 Å². The Morgan fingerprint density at radius 2 is 1.83 bits per heavy atom. The zero-order valence-electron chi connectivity index (χ0n) is 20.3. The maximum atomic E-state index is 9.45. The van der Waals surface area contributed by atoms with E-state index in [0.29, 0.717) is 23.0 Å². The van der Waals surface area contributed by atoms with Crippen LogP contribution >= 0.6 is 0 Å². The number of hydrogen-bond acceptors (Lipinski definition) is 10. The van der Waals surface area contributed by atoms with Crippen molar-refractivity contribution < 1.29 is 9.15 Å². The summed E-state index contributed by atoms with van der Waals surface area (Å²) in [6.45, 7) is 7.97. The van der Waals surface area contributed by atoms with Crippen LogP contribution in [0.25, 0.3) is 34.3 Å².